The Morgan fingerprint density at radius 2 is 2.17 bits per heavy atom. The van der Waals surface area contributed by atoms with Crippen LogP contribution in [0.25, 0.3) is 0 Å². The topological polar surface area (TPSA) is 79.3 Å². The van der Waals surface area contributed by atoms with Crippen LogP contribution in [0, 0.1) is 0 Å². The molecule has 1 atom stereocenters. The predicted octanol–water partition coefficient (Wildman–Crippen LogP) is 1.38. The maximum absolute atomic E-state index is 11.7. The summed E-state index contributed by atoms with van der Waals surface area (Å²) in [5, 5.41) is 11.6. The van der Waals surface area contributed by atoms with Gasteiger partial charge in [-0.25, -0.2) is 4.79 Å². The summed E-state index contributed by atoms with van der Waals surface area (Å²) in [6.45, 7) is 3.24. The monoisotopic (exact) mass is 250 g/mol. The van der Waals surface area contributed by atoms with Gasteiger partial charge in [-0.15, -0.1) is 0 Å². The number of pyridine rings is 1. The van der Waals surface area contributed by atoms with E-state index in [0.717, 1.165) is 5.69 Å². The van der Waals surface area contributed by atoms with Gasteiger partial charge >= 0.3 is 5.97 Å². The number of rotatable bonds is 6. The summed E-state index contributed by atoms with van der Waals surface area (Å²) in [4.78, 5) is 26.8. The minimum Gasteiger partial charge on any atom is -0.480 e. The van der Waals surface area contributed by atoms with Gasteiger partial charge in [0.1, 0.15) is 5.54 Å². The molecule has 1 aromatic heterocycles. The highest BCUT2D eigenvalue weighted by molar-refractivity contribution is 5.86. The van der Waals surface area contributed by atoms with E-state index in [2.05, 4.69) is 10.3 Å². The lowest BCUT2D eigenvalue weighted by molar-refractivity contribution is -0.147. The molecule has 1 unspecified atom stereocenters. The SMILES string of the molecule is CCC(C)(NC(=O)CCc1ccccn1)C(=O)O. The molecule has 0 aliphatic heterocycles. The summed E-state index contributed by atoms with van der Waals surface area (Å²) >= 11 is 0. The number of carbonyl (C=O) groups is 2. The lowest BCUT2D eigenvalue weighted by atomic mass is 9.99. The normalized spacial score (nSPS) is 13.7. The minimum absolute atomic E-state index is 0.236. The fourth-order valence-electron chi connectivity index (χ4n) is 1.45. The molecule has 5 nitrogen and oxygen atoms in total. The molecule has 5 heteroatoms. The van der Waals surface area contributed by atoms with Crippen molar-refractivity contribution < 1.29 is 14.7 Å². The molecule has 0 saturated carbocycles. The summed E-state index contributed by atoms with van der Waals surface area (Å²) in [6.07, 6.45) is 2.75. The second-order valence-electron chi connectivity index (χ2n) is 4.36. The molecule has 1 rings (SSSR count). The zero-order chi connectivity index (χ0) is 13.6. The lowest BCUT2D eigenvalue weighted by Gasteiger charge is -2.24. The molecule has 0 radical (unpaired) electrons. The first-order valence-electron chi connectivity index (χ1n) is 5.92. The van der Waals surface area contributed by atoms with Crippen LogP contribution in [0.2, 0.25) is 0 Å². The first-order chi connectivity index (χ1) is 8.48. The molecule has 2 N–H and O–H groups in total. The van der Waals surface area contributed by atoms with Gasteiger partial charge < -0.3 is 10.4 Å². The van der Waals surface area contributed by atoms with Crippen LogP contribution in [-0.4, -0.2) is 27.5 Å². The van der Waals surface area contributed by atoms with Crippen LogP contribution in [0.15, 0.2) is 24.4 Å². The van der Waals surface area contributed by atoms with Crippen molar-refractivity contribution in [2.45, 2.75) is 38.6 Å². The summed E-state index contributed by atoms with van der Waals surface area (Å²) in [6, 6.07) is 5.50. The van der Waals surface area contributed by atoms with Crippen molar-refractivity contribution in [3.8, 4) is 0 Å². The van der Waals surface area contributed by atoms with Gasteiger partial charge in [0.05, 0.1) is 0 Å². The van der Waals surface area contributed by atoms with Crippen LogP contribution in [0.1, 0.15) is 32.4 Å². The van der Waals surface area contributed by atoms with Gasteiger partial charge in [0.2, 0.25) is 5.91 Å². The van der Waals surface area contributed by atoms with Crippen LogP contribution in [-0.2, 0) is 16.0 Å². The van der Waals surface area contributed by atoms with Crippen LogP contribution in [0.4, 0.5) is 0 Å². The Hall–Kier alpha value is -1.91. The second-order valence-corrected chi connectivity index (χ2v) is 4.36. The zero-order valence-electron chi connectivity index (χ0n) is 10.6. The van der Waals surface area contributed by atoms with Gasteiger partial charge in [0, 0.05) is 18.3 Å². The van der Waals surface area contributed by atoms with Gasteiger partial charge in [-0.1, -0.05) is 13.0 Å². The van der Waals surface area contributed by atoms with Crippen LogP contribution in [0.3, 0.4) is 0 Å². The van der Waals surface area contributed by atoms with Gasteiger partial charge in [-0.2, -0.15) is 0 Å². The molecule has 0 aliphatic rings. The highest BCUT2D eigenvalue weighted by Gasteiger charge is 2.32. The standard InChI is InChI=1S/C13H18N2O3/c1-3-13(2,12(17)18)15-11(16)8-7-10-6-4-5-9-14-10/h4-6,9H,3,7-8H2,1-2H3,(H,15,16)(H,17,18). The third-order valence-electron chi connectivity index (χ3n) is 2.93. The van der Waals surface area contributed by atoms with E-state index in [4.69, 9.17) is 5.11 Å². The summed E-state index contributed by atoms with van der Waals surface area (Å²) in [5.41, 5.74) is -0.373. The molecule has 0 fully saturated rings. The first-order valence-corrected chi connectivity index (χ1v) is 5.92. The molecular weight excluding hydrogens is 232 g/mol. The second kappa shape index (κ2) is 6.14. The maximum atomic E-state index is 11.7. The van der Waals surface area contributed by atoms with Gasteiger partial charge in [0.25, 0.3) is 0 Å². The van der Waals surface area contributed by atoms with E-state index in [0.29, 0.717) is 12.8 Å². The molecule has 1 aromatic rings. The van der Waals surface area contributed by atoms with Crippen molar-refractivity contribution >= 4 is 11.9 Å². The molecule has 1 amide bonds. The van der Waals surface area contributed by atoms with E-state index in [1.165, 1.54) is 6.92 Å². The number of aromatic nitrogens is 1. The van der Waals surface area contributed by atoms with Crippen LogP contribution < -0.4 is 5.32 Å². The lowest BCUT2D eigenvalue weighted by Crippen LogP contribution is -2.51. The third-order valence-corrected chi connectivity index (χ3v) is 2.93. The van der Waals surface area contributed by atoms with E-state index >= 15 is 0 Å². The Bertz CT molecular complexity index is 420. The summed E-state index contributed by atoms with van der Waals surface area (Å²) in [7, 11) is 0. The predicted molar refractivity (Wildman–Crippen MR) is 67.0 cm³/mol. The number of aryl methyl sites for hydroxylation is 1. The quantitative estimate of drug-likeness (QED) is 0.799. The highest BCUT2D eigenvalue weighted by atomic mass is 16.4. The van der Waals surface area contributed by atoms with Gasteiger partial charge in [-0.3, -0.25) is 9.78 Å². The van der Waals surface area contributed by atoms with Crippen LogP contribution in [0.5, 0.6) is 0 Å². The molecular formula is C13H18N2O3. The fourth-order valence-corrected chi connectivity index (χ4v) is 1.45. The maximum Gasteiger partial charge on any atom is 0.329 e. The fraction of sp³-hybridized carbons (Fsp3) is 0.462. The van der Waals surface area contributed by atoms with Crippen molar-refractivity contribution in [1.29, 1.82) is 0 Å². The number of carbonyl (C=O) groups excluding carboxylic acids is 1. The Morgan fingerprint density at radius 1 is 1.44 bits per heavy atom. The van der Waals surface area contributed by atoms with Crippen molar-refractivity contribution in [3.05, 3.63) is 30.1 Å². The minimum atomic E-state index is -1.19. The number of hydrogen-bond acceptors (Lipinski definition) is 3. The van der Waals surface area contributed by atoms with Crippen molar-refractivity contribution in [3.63, 3.8) is 0 Å². The Balaban J connectivity index is 2.49. The molecule has 0 bridgehead atoms. The number of aliphatic carboxylic acids is 1. The highest BCUT2D eigenvalue weighted by Crippen LogP contribution is 2.10. The van der Waals surface area contributed by atoms with E-state index in [1.54, 1.807) is 13.1 Å². The molecule has 0 aromatic carbocycles. The number of carboxylic acid groups (broad SMARTS) is 1. The van der Waals surface area contributed by atoms with Crippen molar-refractivity contribution in [2.75, 3.05) is 0 Å². The molecule has 98 valence electrons. The van der Waals surface area contributed by atoms with Crippen LogP contribution >= 0.6 is 0 Å². The number of carboxylic acids is 1. The molecule has 1 heterocycles. The van der Waals surface area contributed by atoms with E-state index in [9.17, 15) is 9.59 Å². The first kappa shape index (κ1) is 14.2. The third kappa shape index (κ3) is 3.84. The number of nitrogens with one attached hydrogen (secondary N) is 1. The smallest absolute Gasteiger partial charge is 0.329 e. The van der Waals surface area contributed by atoms with E-state index in [1.807, 2.05) is 18.2 Å². The molecule has 0 aliphatic carbocycles. The number of amides is 1. The number of hydrogen-bond donors (Lipinski definition) is 2. The molecule has 18 heavy (non-hydrogen) atoms. The Kier molecular flexibility index (Phi) is 4.83. The van der Waals surface area contributed by atoms with Crippen molar-refractivity contribution in [2.24, 2.45) is 0 Å². The van der Waals surface area contributed by atoms with Crippen molar-refractivity contribution in [1.82, 2.24) is 10.3 Å². The van der Waals surface area contributed by atoms with Gasteiger partial charge in [0.15, 0.2) is 0 Å². The largest absolute Gasteiger partial charge is 0.480 e. The summed E-state index contributed by atoms with van der Waals surface area (Å²) < 4.78 is 0. The Labute approximate surface area is 106 Å². The van der Waals surface area contributed by atoms with Gasteiger partial charge in [-0.05, 0) is 31.9 Å². The average Bonchev–Trinajstić information content (AvgIpc) is 2.37. The zero-order valence-corrected chi connectivity index (χ0v) is 10.6. The van der Waals surface area contributed by atoms with E-state index in [-0.39, 0.29) is 12.3 Å². The number of nitrogens with zero attached hydrogens (tertiary/aromatic N) is 1. The van der Waals surface area contributed by atoms with E-state index < -0.39 is 11.5 Å². The average molecular weight is 250 g/mol. The molecule has 0 saturated heterocycles. The summed E-state index contributed by atoms with van der Waals surface area (Å²) in [5.74, 6) is -1.29. The molecule has 0 spiro atoms. The Morgan fingerprint density at radius 3 is 2.67 bits per heavy atom.